The molecule has 1 rings (SSSR count). The van der Waals surface area contributed by atoms with Gasteiger partial charge in [-0.05, 0) is 19.7 Å². The summed E-state index contributed by atoms with van der Waals surface area (Å²) in [4.78, 5) is 2.14. The Labute approximate surface area is 86.0 Å². The third-order valence-electron chi connectivity index (χ3n) is 1.58. The lowest BCUT2D eigenvalue weighted by Crippen LogP contribution is -2.10. The number of nitrogens with two attached hydrogens (primary N) is 2. The highest BCUT2D eigenvalue weighted by molar-refractivity contribution is 5.48. The van der Waals surface area contributed by atoms with Crippen LogP contribution >= 0.6 is 0 Å². The lowest BCUT2D eigenvalue weighted by atomic mass is 10.2. The van der Waals surface area contributed by atoms with Gasteiger partial charge in [-0.15, -0.1) is 0 Å². The van der Waals surface area contributed by atoms with E-state index in [4.69, 9.17) is 0 Å². The summed E-state index contributed by atoms with van der Waals surface area (Å²) in [5, 5.41) is 0. The van der Waals surface area contributed by atoms with Gasteiger partial charge in [-0.1, -0.05) is 42.5 Å². The molecule has 0 aliphatic carbocycles. The molecule has 0 atom stereocenters. The number of hydrogen-bond acceptors (Lipinski definition) is 3. The van der Waals surface area contributed by atoms with Crippen LogP contribution in [0, 0.1) is 0 Å². The van der Waals surface area contributed by atoms with Gasteiger partial charge in [-0.2, -0.15) is 0 Å². The Balaban J connectivity index is 0.000000791. The summed E-state index contributed by atoms with van der Waals surface area (Å²) < 4.78 is 0. The Kier molecular flexibility index (Phi) is 7.74. The molecule has 0 spiro atoms. The minimum atomic E-state index is 0.995. The smallest absolute Gasteiger partial charge is 0.0160 e. The summed E-state index contributed by atoms with van der Waals surface area (Å²) in [7, 11) is 4.13. The molecule has 1 aromatic rings. The summed E-state index contributed by atoms with van der Waals surface area (Å²) in [6.07, 6.45) is 4.30. The van der Waals surface area contributed by atoms with Crippen molar-refractivity contribution >= 4 is 6.08 Å². The van der Waals surface area contributed by atoms with Crippen LogP contribution in [0.1, 0.15) is 5.56 Å². The Bertz CT molecular complexity index is 242. The van der Waals surface area contributed by atoms with Crippen LogP contribution in [0.15, 0.2) is 36.4 Å². The first kappa shape index (κ1) is 12.8. The first-order valence-electron chi connectivity index (χ1n) is 4.48. The van der Waals surface area contributed by atoms with E-state index < -0.39 is 0 Å². The molecule has 0 amide bonds. The topological polar surface area (TPSA) is 55.3 Å². The van der Waals surface area contributed by atoms with Gasteiger partial charge in [-0.25, -0.2) is 0 Å². The van der Waals surface area contributed by atoms with Crippen molar-refractivity contribution in [1.82, 2.24) is 4.90 Å². The van der Waals surface area contributed by atoms with Gasteiger partial charge >= 0.3 is 0 Å². The molecule has 14 heavy (non-hydrogen) atoms. The van der Waals surface area contributed by atoms with Crippen molar-refractivity contribution < 1.29 is 0 Å². The highest BCUT2D eigenvalue weighted by Gasteiger charge is 1.83. The van der Waals surface area contributed by atoms with E-state index in [0.29, 0.717) is 0 Å². The number of hydrazine groups is 1. The maximum atomic E-state index is 4.00. The number of likely N-dealkylation sites (N-methyl/N-ethyl adjacent to an activating group) is 1. The van der Waals surface area contributed by atoms with Crippen LogP contribution < -0.4 is 11.7 Å². The van der Waals surface area contributed by atoms with E-state index >= 15 is 0 Å². The highest BCUT2D eigenvalue weighted by Crippen LogP contribution is 2.00. The van der Waals surface area contributed by atoms with E-state index in [-0.39, 0.29) is 0 Å². The molecule has 3 heteroatoms. The van der Waals surface area contributed by atoms with Gasteiger partial charge in [0, 0.05) is 6.54 Å². The second-order valence-electron chi connectivity index (χ2n) is 3.08. The molecule has 0 saturated heterocycles. The molecule has 1 aromatic carbocycles. The normalized spacial score (nSPS) is 10.1. The molecule has 0 aromatic heterocycles. The molecule has 0 heterocycles. The van der Waals surface area contributed by atoms with Crippen LogP contribution in [0.25, 0.3) is 6.08 Å². The third-order valence-corrected chi connectivity index (χ3v) is 1.58. The zero-order valence-electron chi connectivity index (χ0n) is 8.85. The van der Waals surface area contributed by atoms with Gasteiger partial charge in [0.1, 0.15) is 0 Å². The molecule has 78 valence electrons. The van der Waals surface area contributed by atoms with Gasteiger partial charge < -0.3 is 4.90 Å². The highest BCUT2D eigenvalue weighted by atomic mass is 15.0. The number of rotatable bonds is 3. The van der Waals surface area contributed by atoms with E-state index in [9.17, 15) is 0 Å². The van der Waals surface area contributed by atoms with Crippen LogP contribution in [0.3, 0.4) is 0 Å². The van der Waals surface area contributed by atoms with Gasteiger partial charge in [0.25, 0.3) is 0 Å². The fourth-order valence-electron chi connectivity index (χ4n) is 0.964. The first-order valence-corrected chi connectivity index (χ1v) is 4.48. The number of nitrogens with zero attached hydrogens (tertiary/aromatic N) is 1. The minimum Gasteiger partial charge on any atom is -0.306 e. The Morgan fingerprint density at radius 3 is 2.21 bits per heavy atom. The molecule has 0 unspecified atom stereocenters. The van der Waals surface area contributed by atoms with Crippen LogP contribution in [0.4, 0.5) is 0 Å². The average Bonchev–Trinajstić information content (AvgIpc) is 2.22. The SMILES string of the molecule is CN(C)CC=Cc1ccccc1.NN. The molecule has 0 aliphatic rings. The van der Waals surface area contributed by atoms with Crippen LogP contribution in [0.5, 0.6) is 0 Å². The molecule has 0 saturated carbocycles. The molecular weight excluding hydrogens is 174 g/mol. The fourth-order valence-corrected chi connectivity index (χ4v) is 0.964. The summed E-state index contributed by atoms with van der Waals surface area (Å²) in [6.45, 7) is 0.995. The van der Waals surface area contributed by atoms with Crippen molar-refractivity contribution in [1.29, 1.82) is 0 Å². The van der Waals surface area contributed by atoms with Crippen molar-refractivity contribution in [3.63, 3.8) is 0 Å². The third kappa shape index (κ3) is 6.37. The molecule has 0 fully saturated rings. The number of benzene rings is 1. The van der Waals surface area contributed by atoms with Crippen molar-refractivity contribution in [3.8, 4) is 0 Å². The second kappa shape index (κ2) is 8.44. The fraction of sp³-hybridized carbons (Fsp3) is 0.273. The van der Waals surface area contributed by atoms with Gasteiger partial charge in [-0.3, -0.25) is 11.7 Å². The van der Waals surface area contributed by atoms with E-state index in [1.807, 2.05) is 6.07 Å². The molecule has 3 nitrogen and oxygen atoms in total. The molecule has 0 radical (unpaired) electrons. The molecule has 0 aliphatic heterocycles. The zero-order valence-corrected chi connectivity index (χ0v) is 8.85. The minimum absolute atomic E-state index is 0.995. The van der Waals surface area contributed by atoms with E-state index in [2.05, 4.69) is 67.1 Å². The lowest BCUT2D eigenvalue weighted by Gasteiger charge is -2.03. The largest absolute Gasteiger partial charge is 0.306 e. The quantitative estimate of drug-likeness (QED) is 0.558. The second-order valence-corrected chi connectivity index (χ2v) is 3.08. The van der Waals surface area contributed by atoms with Gasteiger partial charge in [0.15, 0.2) is 0 Å². The summed E-state index contributed by atoms with van der Waals surface area (Å²) >= 11 is 0. The zero-order chi connectivity index (χ0) is 10.8. The van der Waals surface area contributed by atoms with Crippen molar-refractivity contribution in [2.24, 2.45) is 11.7 Å². The number of hydrogen-bond donors (Lipinski definition) is 2. The summed E-state index contributed by atoms with van der Waals surface area (Å²) in [5.74, 6) is 8.00. The van der Waals surface area contributed by atoms with Crippen LogP contribution in [0.2, 0.25) is 0 Å². The van der Waals surface area contributed by atoms with Crippen molar-refractivity contribution in [2.75, 3.05) is 20.6 Å². The van der Waals surface area contributed by atoms with Crippen LogP contribution in [-0.4, -0.2) is 25.5 Å². The Morgan fingerprint density at radius 1 is 1.14 bits per heavy atom. The maximum absolute atomic E-state index is 4.00. The molecular formula is C11H19N3. The average molecular weight is 193 g/mol. The molecule has 0 bridgehead atoms. The predicted octanol–water partition coefficient (Wildman–Crippen LogP) is 1.08. The first-order chi connectivity index (χ1) is 6.79. The Hall–Kier alpha value is -1.16. The summed E-state index contributed by atoms with van der Waals surface area (Å²) in [5.41, 5.74) is 1.26. The molecule has 4 N–H and O–H groups in total. The van der Waals surface area contributed by atoms with Gasteiger partial charge in [0.2, 0.25) is 0 Å². The maximum Gasteiger partial charge on any atom is 0.0160 e. The lowest BCUT2D eigenvalue weighted by molar-refractivity contribution is 0.457. The van der Waals surface area contributed by atoms with E-state index in [1.165, 1.54) is 5.56 Å². The van der Waals surface area contributed by atoms with Crippen LogP contribution in [-0.2, 0) is 0 Å². The van der Waals surface area contributed by atoms with E-state index in [0.717, 1.165) is 6.54 Å². The summed E-state index contributed by atoms with van der Waals surface area (Å²) in [6, 6.07) is 10.3. The van der Waals surface area contributed by atoms with Crippen molar-refractivity contribution in [3.05, 3.63) is 42.0 Å². The van der Waals surface area contributed by atoms with Gasteiger partial charge in [0.05, 0.1) is 0 Å². The predicted molar refractivity (Wildman–Crippen MR) is 62.4 cm³/mol. The standard InChI is InChI=1S/C11H15N.H4N2/c1-12(2)10-6-9-11-7-4-3-5-8-11;1-2/h3-9H,10H2,1-2H3;1-2H2. The van der Waals surface area contributed by atoms with Crippen molar-refractivity contribution in [2.45, 2.75) is 0 Å². The van der Waals surface area contributed by atoms with E-state index in [1.54, 1.807) is 0 Å². The monoisotopic (exact) mass is 193 g/mol. The Morgan fingerprint density at radius 2 is 1.71 bits per heavy atom.